The third-order valence-electron chi connectivity index (χ3n) is 2.92. The van der Waals surface area contributed by atoms with Gasteiger partial charge in [0.05, 0.1) is 12.2 Å². The summed E-state index contributed by atoms with van der Waals surface area (Å²) >= 11 is 0. The summed E-state index contributed by atoms with van der Waals surface area (Å²) in [6.45, 7) is 6.88. The standard InChI is InChI=1S/C13H21N3O3/c1-4-10(6-11(17)18)7-14-12-9(3)13(19-5-2)16-8-15-12/h8,10H,4-7H2,1-3H3,(H,17,18)(H,14,15,16). The van der Waals surface area contributed by atoms with Crippen LogP contribution in [0.5, 0.6) is 5.88 Å². The second-order valence-electron chi connectivity index (χ2n) is 4.34. The summed E-state index contributed by atoms with van der Waals surface area (Å²) in [4.78, 5) is 18.9. The van der Waals surface area contributed by atoms with Gasteiger partial charge in [-0.25, -0.2) is 9.97 Å². The topological polar surface area (TPSA) is 84.3 Å². The average Bonchev–Trinajstić information content (AvgIpc) is 2.38. The van der Waals surface area contributed by atoms with E-state index >= 15 is 0 Å². The first-order chi connectivity index (χ1) is 9.08. The molecule has 0 aliphatic heterocycles. The molecule has 0 aliphatic rings. The van der Waals surface area contributed by atoms with Crippen molar-refractivity contribution in [2.45, 2.75) is 33.6 Å². The molecule has 0 saturated carbocycles. The molecule has 1 aromatic heterocycles. The molecule has 106 valence electrons. The van der Waals surface area contributed by atoms with E-state index in [0.29, 0.717) is 24.8 Å². The van der Waals surface area contributed by atoms with Gasteiger partial charge in [-0.2, -0.15) is 0 Å². The number of carboxylic acid groups (broad SMARTS) is 1. The molecule has 1 rings (SSSR count). The maximum absolute atomic E-state index is 10.7. The fraction of sp³-hybridized carbons (Fsp3) is 0.615. The zero-order valence-corrected chi connectivity index (χ0v) is 11.6. The van der Waals surface area contributed by atoms with Crippen LogP contribution in [0.4, 0.5) is 5.82 Å². The molecule has 0 aliphatic carbocycles. The van der Waals surface area contributed by atoms with Gasteiger partial charge in [-0.15, -0.1) is 0 Å². The molecular formula is C13H21N3O3. The van der Waals surface area contributed by atoms with Crippen molar-refractivity contribution in [1.29, 1.82) is 0 Å². The van der Waals surface area contributed by atoms with E-state index in [-0.39, 0.29) is 12.3 Å². The van der Waals surface area contributed by atoms with Crippen molar-refractivity contribution >= 4 is 11.8 Å². The smallest absolute Gasteiger partial charge is 0.303 e. The van der Waals surface area contributed by atoms with Gasteiger partial charge in [0, 0.05) is 13.0 Å². The summed E-state index contributed by atoms with van der Waals surface area (Å²) in [5.41, 5.74) is 0.842. The van der Waals surface area contributed by atoms with Crippen LogP contribution in [0.15, 0.2) is 6.33 Å². The minimum absolute atomic E-state index is 0.0856. The van der Waals surface area contributed by atoms with E-state index in [2.05, 4.69) is 15.3 Å². The summed E-state index contributed by atoms with van der Waals surface area (Å²) < 4.78 is 5.39. The van der Waals surface area contributed by atoms with Gasteiger partial charge in [-0.05, 0) is 19.8 Å². The first kappa shape index (κ1) is 15.2. The van der Waals surface area contributed by atoms with Crippen molar-refractivity contribution in [2.24, 2.45) is 5.92 Å². The summed E-state index contributed by atoms with van der Waals surface area (Å²) in [7, 11) is 0. The largest absolute Gasteiger partial charge is 0.481 e. The fourth-order valence-corrected chi connectivity index (χ4v) is 1.74. The van der Waals surface area contributed by atoms with Crippen molar-refractivity contribution < 1.29 is 14.6 Å². The Morgan fingerprint density at radius 3 is 2.79 bits per heavy atom. The zero-order valence-electron chi connectivity index (χ0n) is 11.6. The molecule has 2 N–H and O–H groups in total. The van der Waals surface area contributed by atoms with Crippen LogP contribution in [0.2, 0.25) is 0 Å². The highest BCUT2D eigenvalue weighted by Crippen LogP contribution is 2.21. The highest BCUT2D eigenvalue weighted by molar-refractivity contribution is 5.67. The van der Waals surface area contributed by atoms with Crippen LogP contribution in [-0.2, 0) is 4.79 Å². The molecule has 1 unspecified atom stereocenters. The van der Waals surface area contributed by atoms with E-state index in [1.54, 1.807) is 0 Å². The summed E-state index contributed by atoms with van der Waals surface area (Å²) in [6, 6.07) is 0. The molecule has 0 spiro atoms. The number of hydrogen-bond donors (Lipinski definition) is 2. The van der Waals surface area contributed by atoms with Crippen LogP contribution >= 0.6 is 0 Å². The van der Waals surface area contributed by atoms with Gasteiger partial charge in [-0.1, -0.05) is 13.3 Å². The highest BCUT2D eigenvalue weighted by atomic mass is 16.5. The van der Waals surface area contributed by atoms with E-state index in [0.717, 1.165) is 12.0 Å². The first-order valence-corrected chi connectivity index (χ1v) is 6.48. The number of aromatic nitrogens is 2. The maximum atomic E-state index is 10.7. The Labute approximate surface area is 113 Å². The van der Waals surface area contributed by atoms with Crippen LogP contribution < -0.4 is 10.1 Å². The van der Waals surface area contributed by atoms with Crippen LogP contribution in [0.1, 0.15) is 32.3 Å². The normalized spacial score (nSPS) is 11.9. The number of nitrogens with one attached hydrogen (secondary N) is 1. The Morgan fingerprint density at radius 1 is 1.47 bits per heavy atom. The molecule has 0 amide bonds. The predicted molar refractivity (Wildman–Crippen MR) is 72.5 cm³/mol. The molecular weight excluding hydrogens is 246 g/mol. The number of rotatable bonds is 8. The molecule has 0 saturated heterocycles. The Bertz CT molecular complexity index is 424. The van der Waals surface area contributed by atoms with Crippen molar-refractivity contribution in [3.63, 3.8) is 0 Å². The molecule has 0 bridgehead atoms. The second kappa shape index (κ2) is 7.56. The monoisotopic (exact) mass is 267 g/mol. The van der Waals surface area contributed by atoms with E-state index in [9.17, 15) is 4.79 Å². The Balaban J connectivity index is 2.66. The van der Waals surface area contributed by atoms with E-state index in [1.807, 2.05) is 20.8 Å². The lowest BCUT2D eigenvalue weighted by Crippen LogP contribution is -2.18. The Hall–Kier alpha value is -1.85. The minimum Gasteiger partial charge on any atom is -0.481 e. The summed E-state index contributed by atoms with van der Waals surface area (Å²) in [5, 5.41) is 12.0. The molecule has 0 fully saturated rings. The molecule has 6 nitrogen and oxygen atoms in total. The van der Waals surface area contributed by atoms with E-state index in [4.69, 9.17) is 9.84 Å². The molecule has 19 heavy (non-hydrogen) atoms. The van der Waals surface area contributed by atoms with Crippen LogP contribution in [-0.4, -0.2) is 34.2 Å². The quantitative estimate of drug-likeness (QED) is 0.750. The van der Waals surface area contributed by atoms with Gasteiger partial charge in [0.2, 0.25) is 5.88 Å². The molecule has 6 heteroatoms. The number of anilines is 1. The highest BCUT2D eigenvalue weighted by Gasteiger charge is 2.13. The minimum atomic E-state index is -0.775. The van der Waals surface area contributed by atoms with Crippen LogP contribution in [0.3, 0.4) is 0 Å². The Morgan fingerprint density at radius 2 is 2.21 bits per heavy atom. The SMILES string of the molecule is CCOc1ncnc(NCC(CC)CC(=O)O)c1C. The van der Waals surface area contributed by atoms with E-state index in [1.165, 1.54) is 6.33 Å². The Kier molecular flexibility index (Phi) is 6.05. The van der Waals surface area contributed by atoms with Crippen molar-refractivity contribution in [1.82, 2.24) is 9.97 Å². The third kappa shape index (κ3) is 4.73. The van der Waals surface area contributed by atoms with Gasteiger partial charge in [0.1, 0.15) is 12.1 Å². The number of aliphatic carboxylic acids is 1. The van der Waals surface area contributed by atoms with Crippen molar-refractivity contribution in [3.8, 4) is 5.88 Å². The lowest BCUT2D eigenvalue weighted by Gasteiger charge is -2.16. The molecule has 1 aromatic rings. The van der Waals surface area contributed by atoms with Crippen molar-refractivity contribution in [2.75, 3.05) is 18.5 Å². The third-order valence-corrected chi connectivity index (χ3v) is 2.92. The first-order valence-electron chi connectivity index (χ1n) is 6.48. The van der Waals surface area contributed by atoms with Gasteiger partial charge < -0.3 is 15.2 Å². The predicted octanol–water partition coefficient (Wildman–Crippen LogP) is 2.10. The maximum Gasteiger partial charge on any atom is 0.303 e. The number of carbonyl (C=O) groups is 1. The molecule has 0 aromatic carbocycles. The van der Waals surface area contributed by atoms with Crippen LogP contribution in [0, 0.1) is 12.8 Å². The van der Waals surface area contributed by atoms with Gasteiger partial charge >= 0.3 is 5.97 Å². The lowest BCUT2D eigenvalue weighted by molar-refractivity contribution is -0.138. The summed E-state index contributed by atoms with van der Waals surface area (Å²) in [6.07, 6.45) is 2.41. The second-order valence-corrected chi connectivity index (χ2v) is 4.34. The van der Waals surface area contributed by atoms with Crippen LogP contribution in [0.25, 0.3) is 0 Å². The van der Waals surface area contributed by atoms with Gasteiger partial charge in [0.25, 0.3) is 0 Å². The summed E-state index contributed by atoms with van der Waals surface area (Å²) in [5.74, 6) is 0.569. The van der Waals surface area contributed by atoms with Crippen molar-refractivity contribution in [3.05, 3.63) is 11.9 Å². The van der Waals surface area contributed by atoms with E-state index < -0.39 is 5.97 Å². The number of ether oxygens (including phenoxy) is 1. The lowest BCUT2D eigenvalue weighted by atomic mass is 10.0. The molecule has 1 atom stereocenters. The van der Waals surface area contributed by atoms with Gasteiger partial charge in [0.15, 0.2) is 0 Å². The zero-order chi connectivity index (χ0) is 14.3. The number of carboxylic acids is 1. The number of hydrogen-bond acceptors (Lipinski definition) is 5. The average molecular weight is 267 g/mol. The molecule has 1 heterocycles. The van der Waals surface area contributed by atoms with Gasteiger partial charge in [-0.3, -0.25) is 4.79 Å². The number of nitrogens with zero attached hydrogens (tertiary/aromatic N) is 2. The fourth-order valence-electron chi connectivity index (χ4n) is 1.74. The molecule has 0 radical (unpaired) electrons.